The minimum atomic E-state index is -4.47. The number of alkyl halides is 3. The molecule has 158 valence electrons. The molecule has 30 heavy (non-hydrogen) atoms. The van der Waals surface area contributed by atoms with Crippen LogP contribution in [0.5, 0.6) is 0 Å². The molecule has 1 atom stereocenters. The molecule has 0 spiro atoms. The van der Waals surface area contributed by atoms with E-state index in [2.05, 4.69) is 26.7 Å². The molecule has 1 aromatic heterocycles. The van der Waals surface area contributed by atoms with E-state index in [0.29, 0.717) is 37.0 Å². The monoisotopic (exact) mass is 436 g/mol. The van der Waals surface area contributed by atoms with Crippen molar-refractivity contribution < 1.29 is 13.2 Å². The van der Waals surface area contributed by atoms with Crippen LogP contribution in [0.25, 0.3) is 0 Å². The van der Waals surface area contributed by atoms with E-state index in [1.807, 2.05) is 17.0 Å². The molecule has 0 amide bonds. The first-order valence-corrected chi connectivity index (χ1v) is 9.62. The number of hydrogen-bond acceptors (Lipinski definition) is 4. The molecule has 1 saturated heterocycles. The standard InChI is InChI=1S/C20H20ClF3N6/c1-26-19(28-10-14-4-2-13(9-25)3-5-14)29-16-6-7-30(12-16)18-17(21)8-15(11-27-18)20(22,23)24/h2-5,8,11,16H,6-7,10,12H2,1H3,(H2,26,28,29). The molecule has 3 rings (SSSR count). The number of nitriles is 1. The highest BCUT2D eigenvalue weighted by Crippen LogP contribution is 2.34. The zero-order valence-corrected chi connectivity index (χ0v) is 16.9. The Hall–Kier alpha value is -2.99. The minimum absolute atomic E-state index is 0.0196. The van der Waals surface area contributed by atoms with E-state index in [9.17, 15) is 13.2 Å². The zero-order valence-electron chi connectivity index (χ0n) is 16.2. The van der Waals surface area contributed by atoms with E-state index < -0.39 is 11.7 Å². The van der Waals surface area contributed by atoms with Crippen molar-refractivity contribution in [3.63, 3.8) is 0 Å². The van der Waals surface area contributed by atoms with E-state index in [0.717, 1.165) is 24.2 Å². The molecule has 2 aromatic rings. The Balaban J connectivity index is 1.56. The lowest BCUT2D eigenvalue weighted by atomic mass is 10.1. The van der Waals surface area contributed by atoms with Gasteiger partial charge in [0.2, 0.25) is 0 Å². The maximum atomic E-state index is 12.8. The van der Waals surface area contributed by atoms with Gasteiger partial charge in [-0.1, -0.05) is 23.7 Å². The Kier molecular flexibility index (Phi) is 6.67. The molecule has 6 nitrogen and oxygen atoms in total. The molecule has 1 unspecified atom stereocenters. The first-order chi connectivity index (χ1) is 14.3. The van der Waals surface area contributed by atoms with Crippen LogP contribution in [-0.4, -0.2) is 37.1 Å². The van der Waals surface area contributed by atoms with Gasteiger partial charge >= 0.3 is 6.18 Å². The molecule has 10 heteroatoms. The Morgan fingerprint density at radius 1 is 1.37 bits per heavy atom. The number of benzene rings is 1. The molecule has 0 bridgehead atoms. The van der Waals surface area contributed by atoms with Crippen LogP contribution in [0, 0.1) is 11.3 Å². The van der Waals surface area contributed by atoms with E-state index >= 15 is 0 Å². The van der Waals surface area contributed by atoms with E-state index in [1.165, 1.54) is 0 Å². The zero-order chi connectivity index (χ0) is 21.7. The van der Waals surface area contributed by atoms with E-state index in [1.54, 1.807) is 19.2 Å². The molecule has 1 fully saturated rings. The summed E-state index contributed by atoms with van der Waals surface area (Å²) in [7, 11) is 1.66. The van der Waals surface area contributed by atoms with Gasteiger partial charge in [-0.15, -0.1) is 0 Å². The number of rotatable bonds is 4. The van der Waals surface area contributed by atoms with Gasteiger partial charge in [0.1, 0.15) is 5.82 Å². The minimum Gasteiger partial charge on any atom is -0.353 e. The van der Waals surface area contributed by atoms with Gasteiger partial charge in [0, 0.05) is 38.9 Å². The van der Waals surface area contributed by atoms with E-state index in [-0.39, 0.29) is 11.1 Å². The Morgan fingerprint density at radius 2 is 2.10 bits per heavy atom. The predicted molar refractivity (Wildman–Crippen MR) is 109 cm³/mol. The van der Waals surface area contributed by atoms with Gasteiger partial charge in [-0.3, -0.25) is 4.99 Å². The molecule has 0 aliphatic carbocycles. The van der Waals surface area contributed by atoms with Gasteiger partial charge in [-0.05, 0) is 30.2 Å². The van der Waals surface area contributed by atoms with Crippen molar-refractivity contribution in [3.05, 3.63) is 58.2 Å². The number of hydrogen-bond donors (Lipinski definition) is 2. The number of guanidine groups is 1. The third kappa shape index (κ3) is 5.33. The van der Waals surface area contributed by atoms with Gasteiger partial charge in [-0.25, -0.2) is 4.98 Å². The maximum absolute atomic E-state index is 12.8. The second kappa shape index (κ2) is 9.22. The van der Waals surface area contributed by atoms with Crippen molar-refractivity contribution in [3.8, 4) is 6.07 Å². The lowest BCUT2D eigenvalue weighted by Crippen LogP contribution is -2.44. The smallest absolute Gasteiger partial charge is 0.353 e. The number of halogens is 4. The van der Waals surface area contributed by atoms with E-state index in [4.69, 9.17) is 16.9 Å². The van der Waals surface area contributed by atoms with Crippen LogP contribution in [0.2, 0.25) is 5.02 Å². The Morgan fingerprint density at radius 3 is 2.70 bits per heavy atom. The summed E-state index contributed by atoms with van der Waals surface area (Å²) in [4.78, 5) is 9.99. The lowest BCUT2D eigenvalue weighted by molar-refractivity contribution is -0.137. The van der Waals surface area contributed by atoms with Gasteiger partial charge in [0.15, 0.2) is 5.96 Å². The SMILES string of the molecule is CN=C(NCc1ccc(C#N)cc1)NC1CCN(c2ncc(C(F)(F)F)cc2Cl)C1. The van der Waals surface area contributed by atoms with Crippen molar-refractivity contribution in [2.24, 2.45) is 4.99 Å². The fraction of sp³-hybridized carbons (Fsp3) is 0.350. The van der Waals surface area contributed by atoms with Crippen LogP contribution in [-0.2, 0) is 12.7 Å². The first-order valence-electron chi connectivity index (χ1n) is 9.24. The summed E-state index contributed by atoms with van der Waals surface area (Å²) >= 11 is 6.05. The van der Waals surface area contributed by atoms with Gasteiger partial charge < -0.3 is 15.5 Å². The summed E-state index contributed by atoms with van der Waals surface area (Å²) in [5.74, 6) is 0.951. The molecule has 0 radical (unpaired) electrons. The van der Waals surface area contributed by atoms with Gasteiger partial charge in [-0.2, -0.15) is 18.4 Å². The summed E-state index contributed by atoms with van der Waals surface area (Å²) in [6.45, 7) is 1.69. The van der Waals surface area contributed by atoms with Crippen molar-refractivity contribution in [2.75, 3.05) is 25.0 Å². The normalized spacial score (nSPS) is 17.0. The number of nitrogens with zero attached hydrogens (tertiary/aromatic N) is 4. The topological polar surface area (TPSA) is 76.3 Å². The third-order valence-electron chi connectivity index (χ3n) is 4.74. The van der Waals surface area contributed by atoms with Crippen LogP contribution >= 0.6 is 11.6 Å². The van der Waals surface area contributed by atoms with Crippen molar-refractivity contribution >= 4 is 23.4 Å². The predicted octanol–water partition coefficient (Wildman–Crippen LogP) is 3.57. The maximum Gasteiger partial charge on any atom is 0.417 e. The number of nitrogens with one attached hydrogen (secondary N) is 2. The number of anilines is 1. The molecule has 1 aromatic carbocycles. The van der Waals surface area contributed by atoms with Crippen molar-refractivity contribution in [1.29, 1.82) is 5.26 Å². The summed E-state index contributed by atoms with van der Waals surface area (Å²) in [6, 6.07) is 10.3. The molecular weight excluding hydrogens is 417 g/mol. The highest BCUT2D eigenvalue weighted by Gasteiger charge is 2.33. The summed E-state index contributed by atoms with van der Waals surface area (Å²) in [6.07, 6.45) is -2.91. The van der Waals surface area contributed by atoms with Gasteiger partial charge in [0.05, 0.1) is 22.2 Å². The first kappa shape index (κ1) is 21.7. The van der Waals surface area contributed by atoms with Crippen molar-refractivity contribution in [2.45, 2.75) is 25.2 Å². The Bertz CT molecular complexity index is 952. The summed E-state index contributed by atoms with van der Waals surface area (Å²) in [5, 5.41) is 15.4. The molecular formula is C20H20ClF3N6. The van der Waals surface area contributed by atoms with Gasteiger partial charge in [0.25, 0.3) is 0 Å². The Labute approximate surface area is 177 Å². The van der Waals surface area contributed by atoms with Crippen molar-refractivity contribution in [1.82, 2.24) is 15.6 Å². The summed E-state index contributed by atoms with van der Waals surface area (Å²) in [5.41, 5.74) is 0.742. The highest BCUT2D eigenvalue weighted by molar-refractivity contribution is 6.33. The molecule has 0 saturated carbocycles. The molecule has 2 N–H and O–H groups in total. The second-order valence-corrected chi connectivity index (χ2v) is 7.24. The van der Waals surface area contributed by atoms with Crippen LogP contribution in [0.4, 0.5) is 19.0 Å². The average Bonchev–Trinajstić information content (AvgIpc) is 3.19. The van der Waals surface area contributed by atoms with Crippen LogP contribution < -0.4 is 15.5 Å². The number of aromatic nitrogens is 1. The average molecular weight is 437 g/mol. The molecule has 2 heterocycles. The summed E-state index contributed by atoms with van der Waals surface area (Å²) < 4.78 is 38.4. The number of pyridine rings is 1. The largest absolute Gasteiger partial charge is 0.417 e. The fourth-order valence-corrected chi connectivity index (χ4v) is 3.45. The van der Waals surface area contributed by atoms with Crippen LogP contribution in [0.1, 0.15) is 23.1 Å². The van der Waals surface area contributed by atoms with Crippen LogP contribution in [0.15, 0.2) is 41.5 Å². The quantitative estimate of drug-likeness (QED) is 0.566. The molecule has 1 aliphatic heterocycles. The molecule has 1 aliphatic rings. The van der Waals surface area contributed by atoms with Crippen LogP contribution in [0.3, 0.4) is 0 Å². The highest BCUT2D eigenvalue weighted by atomic mass is 35.5. The fourth-order valence-electron chi connectivity index (χ4n) is 3.16. The third-order valence-corrected chi connectivity index (χ3v) is 5.02. The second-order valence-electron chi connectivity index (χ2n) is 6.84. The number of aliphatic imine (C=N–C) groups is 1. The lowest BCUT2D eigenvalue weighted by Gasteiger charge is -2.21.